The van der Waals surface area contributed by atoms with Crippen LogP contribution in [0.1, 0.15) is 70.6 Å². The molecule has 3 fully saturated rings. The molecule has 1 amide bonds. The Hall–Kier alpha value is -0.610. The fraction of sp³-hybridized carbons (Fsp3) is 0.944. The lowest BCUT2D eigenvalue weighted by molar-refractivity contribution is -0.126. The highest BCUT2D eigenvalue weighted by molar-refractivity contribution is 5.79. The summed E-state index contributed by atoms with van der Waals surface area (Å²) in [5, 5.41) is 3.30. The van der Waals surface area contributed by atoms with Gasteiger partial charge in [0.25, 0.3) is 0 Å². The maximum Gasteiger partial charge on any atom is 0.224 e. The quantitative estimate of drug-likeness (QED) is 0.838. The maximum atomic E-state index is 12.5. The molecule has 0 radical (unpaired) electrons. The zero-order chi connectivity index (χ0) is 15.4. The Kier molecular flexibility index (Phi) is 5.40. The molecule has 0 aromatic rings. The highest BCUT2D eigenvalue weighted by atomic mass is 16.1. The average Bonchev–Trinajstić information content (AvgIpc) is 3.00. The third-order valence-corrected chi connectivity index (χ3v) is 6.31. The van der Waals surface area contributed by atoms with E-state index in [9.17, 15) is 4.79 Å². The lowest BCUT2D eigenvalue weighted by atomic mass is 9.79. The van der Waals surface area contributed by atoms with Crippen LogP contribution in [-0.2, 0) is 4.79 Å². The minimum Gasteiger partial charge on any atom is -0.354 e. The Labute approximate surface area is 135 Å². The van der Waals surface area contributed by atoms with Crippen LogP contribution < -0.4 is 11.1 Å². The Bertz CT molecular complexity index is 373. The van der Waals surface area contributed by atoms with E-state index in [2.05, 4.69) is 10.2 Å². The van der Waals surface area contributed by atoms with Crippen LogP contribution >= 0.6 is 0 Å². The first kappa shape index (κ1) is 16.3. The van der Waals surface area contributed by atoms with Crippen molar-refractivity contribution in [2.45, 2.75) is 82.2 Å². The summed E-state index contributed by atoms with van der Waals surface area (Å²) in [6, 6.07) is 0.0808. The average molecular weight is 307 g/mol. The normalized spacial score (nSPS) is 32.8. The smallest absolute Gasteiger partial charge is 0.224 e. The molecule has 3 rings (SSSR count). The summed E-state index contributed by atoms with van der Waals surface area (Å²) in [6.07, 6.45) is 13.6. The van der Waals surface area contributed by atoms with Crippen LogP contribution in [0, 0.1) is 5.92 Å². The Morgan fingerprint density at radius 3 is 2.32 bits per heavy atom. The third kappa shape index (κ3) is 3.48. The number of likely N-dealkylation sites (tertiary alicyclic amines) is 1. The zero-order valence-corrected chi connectivity index (χ0v) is 14.0. The molecule has 2 unspecified atom stereocenters. The predicted molar refractivity (Wildman–Crippen MR) is 89.6 cm³/mol. The molecule has 3 N–H and O–H groups in total. The second-order valence-electron chi connectivity index (χ2n) is 7.75. The molecule has 0 spiro atoms. The van der Waals surface area contributed by atoms with Gasteiger partial charge in [0, 0.05) is 18.1 Å². The van der Waals surface area contributed by atoms with Gasteiger partial charge in [0.05, 0.1) is 5.92 Å². The molecule has 0 aromatic carbocycles. The van der Waals surface area contributed by atoms with Gasteiger partial charge in [-0.3, -0.25) is 9.69 Å². The fourth-order valence-electron chi connectivity index (χ4n) is 4.88. The standard InChI is InChI=1S/C18H33N3O/c19-16-9-7-8-15(16)17(22)20-14-18(10-3-1-4-11-18)21-12-5-2-6-13-21/h15-16H,1-14,19H2,(H,20,22). The van der Waals surface area contributed by atoms with Crippen molar-refractivity contribution in [2.75, 3.05) is 19.6 Å². The molecule has 4 nitrogen and oxygen atoms in total. The van der Waals surface area contributed by atoms with Gasteiger partial charge >= 0.3 is 0 Å². The largest absolute Gasteiger partial charge is 0.354 e. The van der Waals surface area contributed by atoms with E-state index in [1.54, 1.807) is 0 Å². The number of hydrogen-bond acceptors (Lipinski definition) is 3. The topological polar surface area (TPSA) is 58.4 Å². The van der Waals surface area contributed by atoms with Gasteiger partial charge in [-0.15, -0.1) is 0 Å². The van der Waals surface area contributed by atoms with Crippen molar-refractivity contribution < 1.29 is 4.79 Å². The van der Waals surface area contributed by atoms with Gasteiger partial charge in [-0.1, -0.05) is 32.1 Å². The van der Waals surface area contributed by atoms with E-state index < -0.39 is 0 Å². The van der Waals surface area contributed by atoms with E-state index in [1.807, 2.05) is 0 Å². The summed E-state index contributed by atoms with van der Waals surface area (Å²) < 4.78 is 0. The van der Waals surface area contributed by atoms with Crippen LogP contribution in [0.15, 0.2) is 0 Å². The molecule has 2 saturated carbocycles. The number of carbonyl (C=O) groups is 1. The third-order valence-electron chi connectivity index (χ3n) is 6.31. The van der Waals surface area contributed by atoms with E-state index >= 15 is 0 Å². The number of nitrogens with two attached hydrogens (primary N) is 1. The van der Waals surface area contributed by atoms with Crippen LogP contribution in [0.3, 0.4) is 0 Å². The summed E-state index contributed by atoms with van der Waals surface area (Å²) >= 11 is 0. The lowest BCUT2D eigenvalue weighted by Crippen LogP contribution is -2.58. The molecule has 0 bridgehead atoms. The molecule has 2 aliphatic carbocycles. The van der Waals surface area contributed by atoms with Crippen LogP contribution in [-0.4, -0.2) is 42.0 Å². The van der Waals surface area contributed by atoms with Gasteiger partial charge < -0.3 is 11.1 Å². The Morgan fingerprint density at radius 2 is 1.68 bits per heavy atom. The second-order valence-corrected chi connectivity index (χ2v) is 7.75. The first-order valence-electron chi connectivity index (χ1n) is 9.50. The Morgan fingerprint density at radius 1 is 1.00 bits per heavy atom. The summed E-state index contributed by atoms with van der Waals surface area (Å²) in [5.74, 6) is 0.272. The zero-order valence-electron chi connectivity index (χ0n) is 14.0. The molecule has 1 saturated heterocycles. The molecule has 4 heteroatoms. The van der Waals surface area contributed by atoms with Gasteiger partial charge in [-0.05, 0) is 51.6 Å². The summed E-state index contributed by atoms with van der Waals surface area (Å²) in [7, 11) is 0. The minimum atomic E-state index is 0.0574. The first-order chi connectivity index (χ1) is 10.7. The van der Waals surface area contributed by atoms with Crippen LogP contribution in [0.2, 0.25) is 0 Å². The van der Waals surface area contributed by atoms with E-state index in [4.69, 9.17) is 5.73 Å². The van der Waals surface area contributed by atoms with Gasteiger partial charge in [0.1, 0.15) is 0 Å². The van der Waals surface area contributed by atoms with Crippen molar-refractivity contribution in [1.82, 2.24) is 10.2 Å². The van der Waals surface area contributed by atoms with Crippen LogP contribution in [0.4, 0.5) is 0 Å². The van der Waals surface area contributed by atoms with Crippen LogP contribution in [0.5, 0.6) is 0 Å². The van der Waals surface area contributed by atoms with E-state index in [0.717, 1.165) is 25.8 Å². The molecule has 1 aliphatic heterocycles. The minimum absolute atomic E-state index is 0.0574. The number of rotatable bonds is 4. The number of carbonyl (C=O) groups excluding carboxylic acids is 1. The number of piperidine rings is 1. The van der Waals surface area contributed by atoms with Crippen molar-refractivity contribution >= 4 is 5.91 Å². The van der Waals surface area contributed by atoms with E-state index in [0.29, 0.717) is 0 Å². The second kappa shape index (κ2) is 7.31. The molecule has 22 heavy (non-hydrogen) atoms. The van der Waals surface area contributed by atoms with Gasteiger partial charge in [-0.2, -0.15) is 0 Å². The molecular weight excluding hydrogens is 274 g/mol. The molecule has 3 aliphatic rings. The van der Waals surface area contributed by atoms with E-state index in [-0.39, 0.29) is 23.4 Å². The highest BCUT2D eigenvalue weighted by Crippen LogP contribution is 2.35. The van der Waals surface area contributed by atoms with E-state index in [1.165, 1.54) is 64.5 Å². The summed E-state index contributed by atoms with van der Waals surface area (Å²) in [4.78, 5) is 15.2. The van der Waals surface area contributed by atoms with Crippen molar-refractivity contribution in [3.8, 4) is 0 Å². The number of nitrogens with zero attached hydrogens (tertiary/aromatic N) is 1. The molecule has 0 aromatic heterocycles. The first-order valence-corrected chi connectivity index (χ1v) is 9.50. The van der Waals surface area contributed by atoms with Gasteiger partial charge in [0.2, 0.25) is 5.91 Å². The summed E-state index contributed by atoms with van der Waals surface area (Å²) in [5.41, 5.74) is 6.33. The van der Waals surface area contributed by atoms with Crippen molar-refractivity contribution in [2.24, 2.45) is 11.7 Å². The van der Waals surface area contributed by atoms with Gasteiger partial charge in [-0.25, -0.2) is 0 Å². The van der Waals surface area contributed by atoms with Crippen molar-refractivity contribution in [3.63, 3.8) is 0 Å². The SMILES string of the molecule is NC1CCCC1C(=O)NCC1(N2CCCCC2)CCCCC1. The van der Waals surface area contributed by atoms with Crippen molar-refractivity contribution in [1.29, 1.82) is 0 Å². The number of hydrogen-bond donors (Lipinski definition) is 2. The monoisotopic (exact) mass is 307 g/mol. The predicted octanol–water partition coefficient (Wildman–Crippen LogP) is 2.42. The Balaban J connectivity index is 1.61. The molecule has 1 heterocycles. The number of amides is 1. The summed E-state index contributed by atoms with van der Waals surface area (Å²) in [6.45, 7) is 3.28. The molecule has 2 atom stereocenters. The van der Waals surface area contributed by atoms with Gasteiger partial charge in [0.15, 0.2) is 0 Å². The fourth-order valence-corrected chi connectivity index (χ4v) is 4.88. The highest BCUT2D eigenvalue weighted by Gasteiger charge is 2.39. The maximum absolute atomic E-state index is 12.5. The lowest BCUT2D eigenvalue weighted by Gasteiger charge is -2.48. The number of nitrogens with one attached hydrogen (secondary N) is 1. The molecular formula is C18H33N3O. The van der Waals surface area contributed by atoms with Crippen molar-refractivity contribution in [3.05, 3.63) is 0 Å². The van der Waals surface area contributed by atoms with Crippen LogP contribution in [0.25, 0.3) is 0 Å². The molecule has 126 valence electrons.